The van der Waals surface area contributed by atoms with E-state index in [1.54, 1.807) is 0 Å². The number of amides is 2. The number of carbonyl (C=O) groups excluding carboxylic acids is 1. The van der Waals surface area contributed by atoms with Crippen LogP contribution in [0.25, 0.3) is 11.4 Å². The number of halogens is 2. The van der Waals surface area contributed by atoms with Gasteiger partial charge in [-0.2, -0.15) is 5.10 Å². The third-order valence-electron chi connectivity index (χ3n) is 4.94. The molecule has 2 amide bonds. The Kier molecular flexibility index (Phi) is 4.03. The Hall–Kier alpha value is -2.28. The summed E-state index contributed by atoms with van der Waals surface area (Å²) in [7, 11) is 0. The van der Waals surface area contributed by atoms with E-state index in [-0.39, 0.29) is 34.6 Å². The summed E-state index contributed by atoms with van der Waals surface area (Å²) in [5, 5.41) is 10.5. The number of hydrogen-bond donors (Lipinski definition) is 1. The van der Waals surface area contributed by atoms with Gasteiger partial charge in [-0.05, 0) is 37.3 Å². The number of nitrogens with zero attached hydrogens (tertiary/aromatic N) is 4. The number of urea groups is 1. The lowest BCUT2D eigenvalue weighted by molar-refractivity contribution is -0.00603. The first kappa shape index (κ1) is 16.2. The van der Waals surface area contributed by atoms with Crippen LogP contribution in [0.2, 0.25) is 5.02 Å². The molecule has 2 aromatic rings. The zero-order chi connectivity index (χ0) is 17.6. The molecule has 6 nitrogen and oxygen atoms in total. The van der Waals surface area contributed by atoms with E-state index in [1.807, 2.05) is 4.90 Å². The lowest BCUT2D eigenvalue weighted by Crippen LogP contribution is -2.63. The molecular weight excluding hydrogens is 345 g/mol. The maximum absolute atomic E-state index is 14.3. The van der Waals surface area contributed by atoms with Gasteiger partial charge in [-0.1, -0.05) is 18.5 Å². The Morgan fingerprint density at radius 1 is 1.28 bits per heavy atom. The lowest BCUT2D eigenvalue weighted by atomic mass is 9.74. The van der Waals surface area contributed by atoms with Crippen molar-refractivity contribution in [1.29, 1.82) is 0 Å². The van der Waals surface area contributed by atoms with Gasteiger partial charge in [-0.15, -0.1) is 5.10 Å². The van der Waals surface area contributed by atoms with E-state index >= 15 is 0 Å². The Balaban J connectivity index is 1.58. The summed E-state index contributed by atoms with van der Waals surface area (Å²) in [6.07, 6.45) is 5.95. The Labute approximate surface area is 149 Å². The van der Waals surface area contributed by atoms with Crippen LogP contribution in [0.15, 0.2) is 24.5 Å². The monoisotopic (exact) mass is 361 g/mol. The highest BCUT2D eigenvalue weighted by molar-refractivity contribution is 6.33. The van der Waals surface area contributed by atoms with Gasteiger partial charge in [0, 0.05) is 23.8 Å². The summed E-state index contributed by atoms with van der Waals surface area (Å²) in [4.78, 5) is 18.5. The van der Waals surface area contributed by atoms with Crippen LogP contribution in [0.4, 0.5) is 14.9 Å². The van der Waals surface area contributed by atoms with Gasteiger partial charge in [0.1, 0.15) is 5.82 Å². The molecule has 2 saturated heterocycles. The molecule has 0 spiro atoms. The van der Waals surface area contributed by atoms with Crippen molar-refractivity contribution in [3.63, 3.8) is 0 Å². The largest absolute Gasteiger partial charge is 0.322 e. The normalized spacial score (nSPS) is 24.6. The van der Waals surface area contributed by atoms with Crippen molar-refractivity contribution in [1.82, 2.24) is 20.1 Å². The quantitative estimate of drug-likeness (QED) is 0.884. The van der Waals surface area contributed by atoms with Gasteiger partial charge >= 0.3 is 6.03 Å². The van der Waals surface area contributed by atoms with Crippen molar-refractivity contribution in [3.8, 4) is 11.4 Å². The minimum absolute atomic E-state index is 0.0647. The summed E-state index contributed by atoms with van der Waals surface area (Å²) in [5.74, 6) is 0.317. The van der Waals surface area contributed by atoms with Crippen molar-refractivity contribution in [2.45, 2.75) is 38.3 Å². The molecule has 1 N–H and O–H groups in total. The fourth-order valence-corrected chi connectivity index (χ4v) is 4.08. The van der Waals surface area contributed by atoms with Crippen LogP contribution in [-0.4, -0.2) is 38.2 Å². The molecule has 3 atom stereocenters. The fraction of sp³-hybridized carbons (Fsp3) is 0.412. The highest BCUT2D eigenvalue weighted by Gasteiger charge is 2.46. The molecule has 0 unspecified atom stereocenters. The minimum Gasteiger partial charge on any atom is -0.318 e. The minimum atomic E-state index is -0.593. The number of piperidine rings is 1. The third-order valence-corrected chi connectivity index (χ3v) is 5.25. The van der Waals surface area contributed by atoms with Crippen LogP contribution >= 0.6 is 11.6 Å². The topological polar surface area (TPSA) is 71.0 Å². The first-order valence-electron chi connectivity index (χ1n) is 8.25. The van der Waals surface area contributed by atoms with E-state index in [0.29, 0.717) is 11.5 Å². The van der Waals surface area contributed by atoms with Gasteiger partial charge < -0.3 is 10.2 Å². The van der Waals surface area contributed by atoms with E-state index < -0.39 is 5.82 Å². The molecule has 0 radical (unpaired) electrons. The molecule has 2 aliphatic heterocycles. The fourth-order valence-electron chi connectivity index (χ4n) is 3.84. The summed E-state index contributed by atoms with van der Waals surface area (Å²) < 4.78 is 14.3. The number of carbonyl (C=O) groups is 1. The average Bonchev–Trinajstić information content (AvgIpc) is 2.57. The predicted octanol–water partition coefficient (Wildman–Crippen LogP) is 3.74. The number of rotatable bonds is 2. The smallest absolute Gasteiger partial charge is 0.318 e. The number of hydrogen-bond acceptors (Lipinski definition) is 4. The van der Waals surface area contributed by atoms with Crippen LogP contribution in [0.1, 0.15) is 26.2 Å². The number of fused-ring (bicyclic) bond motifs is 2. The van der Waals surface area contributed by atoms with Gasteiger partial charge in [-0.25, -0.2) is 14.2 Å². The van der Waals surface area contributed by atoms with Crippen molar-refractivity contribution in [2.24, 2.45) is 5.92 Å². The van der Waals surface area contributed by atoms with Crippen LogP contribution in [0, 0.1) is 11.7 Å². The van der Waals surface area contributed by atoms with E-state index in [9.17, 15) is 9.18 Å². The van der Waals surface area contributed by atoms with Crippen LogP contribution in [-0.2, 0) is 0 Å². The van der Waals surface area contributed by atoms with E-state index in [2.05, 4.69) is 27.4 Å². The molecule has 1 aliphatic carbocycles. The summed E-state index contributed by atoms with van der Waals surface area (Å²) in [6.45, 7) is 2.20. The molecule has 1 aromatic heterocycles. The number of nitrogens with one attached hydrogen (secondary N) is 1. The van der Waals surface area contributed by atoms with Gasteiger partial charge in [0.2, 0.25) is 0 Å². The molecule has 130 valence electrons. The second-order valence-corrected chi connectivity index (χ2v) is 7.14. The highest BCUT2D eigenvalue weighted by Crippen LogP contribution is 2.41. The second kappa shape index (κ2) is 6.22. The molecule has 3 fully saturated rings. The Morgan fingerprint density at radius 2 is 2.04 bits per heavy atom. The Morgan fingerprint density at radius 3 is 2.72 bits per heavy atom. The SMILES string of the molecule is C[C@@H]1C[C@@H]2C[C@H](C1)N2C(=O)Nc1cc(-c2nccnn2)c(Cl)cc1F. The third kappa shape index (κ3) is 2.93. The van der Waals surface area contributed by atoms with Gasteiger partial charge in [0.25, 0.3) is 0 Å². The molecule has 3 heterocycles. The molecular formula is C17H17ClFN5O. The molecule has 1 saturated carbocycles. The number of anilines is 1. The summed E-state index contributed by atoms with van der Waals surface area (Å²) >= 11 is 6.10. The van der Waals surface area contributed by atoms with Gasteiger partial charge in [-0.3, -0.25) is 0 Å². The first-order valence-corrected chi connectivity index (χ1v) is 8.63. The van der Waals surface area contributed by atoms with Crippen molar-refractivity contribution < 1.29 is 9.18 Å². The van der Waals surface area contributed by atoms with Crippen molar-refractivity contribution in [2.75, 3.05) is 5.32 Å². The zero-order valence-electron chi connectivity index (χ0n) is 13.6. The molecule has 3 aliphatic rings. The van der Waals surface area contributed by atoms with Crippen LogP contribution in [0.3, 0.4) is 0 Å². The van der Waals surface area contributed by atoms with Crippen molar-refractivity contribution >= 4 is 23.3 Å². The molecule has 5 rings (SSSR count). The molecule has 25 heavy (non-hydrogen) atoms. The standard InChI is InChI=1S/C17H17ClFN5O/c1-9-4-10-6-11(5-9)24(10)17(25)22-15-7-12(13(18)8-14(15)19)16-20-2-3-21-23-16/h2-3,7-11H,4-6H2,1H3,(H,22,25)/t9-,10-,11+. The van der Waals surface area contributed by atoms with E-state index in [1.165, 1.54) is 18.5 Å². The first-order chi connectivity index (χ1) is 12.0. The van der Waals surface area contributed by atoms with Crippen LogP contribution < -0.4 is 5.32 Å². The zero-order valence-corrected chi connectivity index (χ0v) is 14.4. The predicted molar refractivity (Wildman–Crippen MR) is 91.7 cm³/mol. The Bertz CT molecular complexity index is 806. The summed E-state index contributed by atoms with van der Waals surface area (Å²) in [6, 6.07) is 2.84. The maximum atomic E-state index is 14.3. The maximum Gasteiger partial charge on any atom is 0.322 e. The lowest BCUT2D eigenvalue weighted by Gasteiger charge is -2.54. The highest BCUT2D eigenvalue weighted by atomic mass is 35.5. The number of aromatic nitrogens is 3. The molecule has 1 aromatic carbocycles. The van der Waals surface area contributed by atoms with E-state index in [0.717, 1.165) is 25.3 Å². The van der Waals surface area contributed by atoms with Crippen LogP contribution in [0.5, 0.6) is 0 Å². The molecule has 8 heteroatoms. The van der Waals surface area contributed by atoms with Gasteiger partial charge in [0.15, 0.2) is 5.82 Å². The van der Waals surface area contributed by atoms with Crippen molar-refractivity contribution in [3.05, 3.63) is 35.4 Å². The number of benzene rings is 1. The average molecular weight is 362 g/mol. The summed E-state index contributed by atoms with van der Waals surface area (Å²) in [5.41, 5.74) is 0.485. The molecule has 2 bridgehead atoms. The second-order valence-electron chi connectivity index (χ2n) is 6.74. The van der Waals surface area contributed by atoms with Gasteiger partial charge in [0.05, 0.1) is 16.9 Å². The van der Waals surface area contributed by atoms with E-state index in [4.69, 9.17) is 11.6 Å².